The highest BCUT2D eigenvalue weighted by molar-refractivity contribution is 6.48. The zero-order valence-corrected chi connectivity index (χ0v) is 16.1. The van der Waals surface area contributed by atoms with Gasteiger partial charge in [-0.1, -0.05) is 12.1 Å². The predicted molar refractivity (Wildman–Crippen MR) is 102 cm³/mol. The molecule has 0 spiro atoms. The third kappa shape index (κ3) is 3.62. The third-order valence-electron chi connectivity index (χ3n) is 5.35. The van der Waals surface area contributed by atoms with E-state index in [-0.39, 0.29) is 18.2 Å². The molecule has 2 aromatic rings. The van der Waals surface area contributed by atoms with Crippen LogP contribution >= 0.6 is 0 Å². The lowest BCUT2D eigenvalue weighted by molar-refractivity contribution is -0.143. The second-order valence-corrected chi connectivity index (χ2v) is 7.70. The Balaban J connectivity index is 1.96. The van der Waals surface area contributed by atoms with Gasteiger partial charge in [-0.25, -0.2) is 0 Å². The van der Waals surface area contributed by atoms with Gasteiger partial charge in [-0.2, -0.15) is 0 Å². The molecule has 138 valence electrons. The summed E-state index contributed by atoms with van der Waals surface area (Å²) >= 11 is 0. The molecule has 26 heavy (non-hydrogen) atoms. The van der Waals surface area contributed by atoms with E-state index < -0.39 is 18.3 Å². The largest absolute Gasteiger partial charge is 0.466 e. The van der Waals surface area contributed by atoms with E-state index in [0.29, 0.717) is 6.61 Å². The lowest BCUT2D eigenvalue weighted by Crippen LogP contribution is -2.41. The van der Waals surface area contributed by atoms with Crippen molar-refractivity contribution in [3.8, 4) is 0 Å². The normalized spacial score (nSPS) is 19.5. The van der Waals surface area contributed by atoms with Crippen LogP contribution in [0.1, 0.15) is 52.4 Å². The fraction of sp³-hybridized carbons (Fsp3) is 0.500. The molecule has 0 bridgehead atoms. The molecule has 1 unspecified atom stereocenters. The van der Waals surface area contributed by atoms with Crippen LogP contribution in [-0.2, 0) is 18.8 Å². The maximum atomic E-state index is 12.2. The number of esters is 1. The van der Waals surface area contributed by atoms with E-state index in [2.05, 4.69) is 11.1 Å². The van der Waals surface area contributed by atoms with Gasteiger partial charge in [0.1, 0.15) is 0 Å². The highest BCUT2D eigenvalue weighted by Crippen LogP contribution is 2.42. The molecular formula is C20H26BNO4. The minimum atomic E-state index is -0.515. The second kappa shape index (κ2) is 7.01. The smallest absolute Gasteiger partial charge is 0.466 e. The van der Waals surface area contributed by atoms with Crippen molar-refractivity contribution in [2.75, 3.05) is 6.61 Å². The van der Waals surface area contributed by atoms with Gasteiger partial charge in [-0.05, 0) is 58.4 Å². The molecule has 1 aliphatic rings. The number of carbonyl (C=O) groups excluding carboxylic acids is 1. The molecule has 0 aliphatic carbocycles. The van der Waals surface area contributed by atoms with Crippen molar-refractivity contribution >= 4 is 24.0 Å². The number of carbonyl (C=O) groups is 1. The summed E-state index contributed by atoms with van der Waals surface area (Å²) < 4.78 is 17.6. The van der Waals surface area contributed by atoms with Crippen LogP contribution in [0.25, 0.3) is 10.9 Å². The summed E-state index contributed by atoms with van der Waals surface area (Å²) in [5.41, 5.74) is 0.989. The van der Waals surface area contributed by atoms with Crippen LogP contribution in [0.4, 0.5) is 0 Å². The topological polar surface area (TPSA) is 57.7 Å². The number of benzene rings is 1. The minimum Gasteiger partial charge on any atom is -0.466 e. The molecule has 1 aliphatic heterocycles. The van der Waals surface area contributed by atoms with Gasteiger partial charge in [0, 0.05) is 17.4 Å². The van der Waals surface area contributed by atoms with Crippen molar-refractivity contribution in [3.05, 3.63) is 42.1 Å². The molecule has 1 fully saturated rings. The van der Waals surface area contributed by atoms with Crippen LogP contribution in [0.5, 0.6) is 0 Å². The predicted octanol–water partition coefficient (Wildman–Crippen LogP) is 3.90. The first kappa shape index (κ1) is 18.9. The number of hydrogen-bond donors (Lipinski definition) is 0. The SMILES string of the molecule is CCOC(=O)CC(B1OC(C)(C)C(C)(C)O1)c1ccc2ncccc2c1. The van der Waals surface area contributed by atoms with Gasteiger partial charge in [0.15, 0.2) is 0 Å². The van der Waals surface area contributed by atoms with Crippen molar-refractivity contribution in [1.29, 1.82) is 0 Å². The molecule has 5 nitrogen and oxygen atoms in total. The standard InChI is InChI=1S/C20H26BNO4/c1-6-24-18(23)13-16(21-25-19(2,3)20(4,5)26-21)14-9-10-17-15(12-14)8-7-11-22-17/h7-12,16H,6,13H2,1-5H3. The maximum absolute atomic E-state index is 12.2. The number of rotatable bonds is 5. The zero-order valence-electron chi connectivity index (χ0n) is 16.1. The van der Waals surface area contributed by atoms with Crippen molar-refractivity contribution in [2.24, 2.45) is 0 Å². The number of aromatic nitrogens is 1. The lowest BCUT2D eigenvalue weighted by atomic mass is 9.66. The summed E-state index contributed by atoms with van der Waals surface area (Å²) in [6.45, 7) is 10.2. The average molecular weight is 355 g/mol. The van der Waals surface area contributed by atoms with Gasteiger partial charge in [-0.3, -0.25) is 9.78 Å². The molecule has 2 heterocycles. The fourth-order valence-electron chi connectivity index (χ4n) is 3.15. The van der Waals surface area contributed by atoms with Crippen LogP contribution in [0.15, 0.2) is 36.5 Å². The minimum absolute atomic E-state index is 0.205. The molecule has 0 N–H and O–H groups in total. The first-order chi connectivity index (χ1) is 12.2. The highest BCUT2D eigenvalue weighted by atomic mass is 16.7. The Kier molecular flexibility index (Phi) is 5.08. The monoisotopic (exact) mass is 355 g/mol. The molecule has 3 rings (SSSR count). The van der Waals surface area contributed by atoms with Crippen LogP contribution in [0.2, 0.25) is 0 Å². The van der Waals surface area contributed by atoms with Gasteiger partial charge in [0.05, 0.1) is 29.7 Å². The van der Waals surface area contributed by atoms with Crippen LogP contribution in [0.3, 0.4) is 0 Å². The van der Waals surface area contributed by atoms with E-state index in [1.807, 2.05) is 58.9 Å². The number of nitrogens with zero attached hydrogens (tertiary/aromatic N) is 1. The summed E-state index contributed by atoms with van der Waals surface area (Å²) in [6, 6.07) is 9.92. The summed E-state index contributed by atoms with van der Waals surface area (Å²) in [7, 11) is -0.515. The third-order valence-corrected chi connectivity index (χ3v) is 5.35. The number of ether oxygens (including phenoxy) is 1. The Hall–Kier alpha value is -1.92. The van der Waals surface area contributed by atoms with Crippen molar-refractivity contribution in [3.63, 3.8) is 0 Å². The van der Waals surface area contributed by atoms with E-state index >= 15 is 0 Å². The summed E-state index contributed by atoms with van der Waals surface area (Å²) in [5.74, 6) is -0.502. The van der Waals surface area contributed by atoms with Crippen LogP contribution in [-0.4, -0.2) is 35.9 Å². The molecule has 0 radical (unpaired) electrons. The molecule has 1 saturated heterocycles. The second-order valence-electron chi connectivity index (χ2n) is 7.70. The molecule has 0 saturated carbocycles. The van der Waals surface area contributed by atoms with E-state index in [4.69, 9.17) is 14.0 Å². The van der Waals surface area contributed by atoms with E-state index in [1.54, 1.807) is 6.20 Å². The zero-order chi connectivity index (χ0) is 18.9. The highest BCUT2D eigenvalue weighted by Gasteiger charge is 2.54. The Bertz CT molecular complexity index is 789. The number of pyridine rings is 1. The van der Waals surface area contributed by atoms with Gasteiger partial charge >= 0.3 is 13.1 Å². The summed E-state index contributed by atoms with van der Waals surface area (Å²) in [5, 5.41) is 1.02. The Morgan fingerprint density at radius 2 is 1.88 bits per heavy atom. The molecule has 0 amide bonds. The number of hydrogen-bond acceptors (Lipinski definition) is 5. The van der Waals surface area contributed by atoms with Gasteiger partial charge in [0.25, 0.3) is 0 Å². The van der Waals surface area contributed by atoms with Crippen molar-refractivity contribution in [1.82, 2.24) is 4.98 Å². The number of fused-ring (bicyclic) bond motifs is 1. The molecule has 1 atom stereocenters. The van der Waals surface area contributed by atoms with Gasteiger partial charge in [-0.15, -0.1) is 0 Å². The fourth-order valence-corrected chi connectivity index (χ4v) is 3.15. The molecule has 1 aromatic carbocycles. The Labute approximate surface area is 155 Å². The van der Waals surface area contributed by atoms with E-state index in [1.165, 1.54) is 0 Å². The average Bonchev–Trinajstić information content (AvgIpc) is 2.80. The first-order valence-electron chi connectivity index (χ1n) is 9.09. The van der Waals surface area contributed by atoms with Crippen molar-refractivity contribution < 1.29 is 18.8 Å². The molecular weight excluding hydrogens is 329 g/mol. The lowest BCUT2D eigenvalue weighted by Gasteiger charge is -2.32. The first-order valence-corrected chi connectivity index (χ1v) is 9.09. The Morgan fingerprint density at radius 3 is 2.54 bits per heavy atom. The van der Waals surface area contributed by atoms with Gasteiger partial charge in [0.2, 0.25) is 0 Å². The quantitative estimate of drug-likeness (QED) is 0.601. The van der Waals surface area contributed by atoms with Crippen molar-refractivity contribution in [2.45, 2.75) is 58.1 Å². The van der Waals surface area contributed by atoms with Crippen LogP contribution < -0.4 is 0 Å². The molecule has 6 heteroatoms. The Morgan fingerprint density at radius 1 is 1.19 bits per heavy atom. The molecule has 1 aromatic heterocycles. The van der Waals surface area contributed by atoms with E-state index in [0.717, 1.165) is 16.5 Å². The summed E-state index contributed by atoms with van der Waals surface area (Å²) in [4.78, 5) is 16.6. The van der Waals surface area contributed by atoms with Crippen LogP contribution in [0, 0.1) is 0 Å². The van der Waals surface area contributed by atoms with Gasteiger partial charge < -0.3 is 14.0 Å². The maximum Gasteiger partial charge on any atom is 0.466 e. The van der Waals surface area contributed by atoms with E-state index in [9.17, 15) is 4.79 Å². The summed E-state index contributed by atoms with van der Waals surface area (Å²) in [6.07, 6.45) is 1.97.